The minimum Gasteiger partial charge on any atom is -0.404 e. The summed E-state index contributed by atoms with van der Waals surface area (Å²) < 4.78 is 40.7. The summed E-state index contributed by atoms with van der Waals surface area (Å²) >= 11 is 3.05. The standard InChI is InChI=1S/C11H8BrF3O2/c12-9-5-4-8(3-1-2-6-16)10(7-9)17-11(13,14)15/h4-5,7,16H,2,6H2. The fourth-order valence-corrected chi connectivity index (χ4v) is 1.36. The predicted molar refractivity (Wildman–Crippen MR) is 59.4 cm³/mol. The van der Waals surface area contributed by atoms with Crippen molar-refractivity contribution in [3.05, 3.63) is 28.2 Å². The second-order valence-electron chi connectivity index (χ2n) is 2.96. The van der Waals surface area contributed by atoms with Crippen molar-refractivity contribution in [1.82, 2.24) is 0 Å². The van der Waals surface area contributed by atoms with E-state index in [1.54, 1.807) is 6.07 Å². The molecule has 92 valence electrons. The highest BCUT2D eigenvalue weighted by Gasteiger charge is 2.32. The minimum atomic E-state index is -4.76. The van der Waals surface area contributed by atoms with Gasteiger partial charge >= 0.3 is 6.36 Å². The Labute approximate surface area is 105 Å². The fraction of sp³-hybridized carbons (Fsp3) is 0.273. The van der Waals surface area contributed by atoms with Gasteiger partial charge in [0.2, 0.25) is 0 Å². The van der Waals surface area contributed by atoms with Crippen molar-refractivity contribution < 1.29 is 23.0 Å². The average Bonchev–Trinajstić information content (AvgIpc) is 2.19. The Hall–Kier alpha value is -1.19. The molecule has 0 fully saturated rings. The van der Waals surface area contributed by atoms with E-state index in [4.69, 9.17) is 5.11 Å². The topological polar surface area (TPSA) is 29.5 Å². The molecule has 0 bridgehead atoms. The first-order valence-electron chi connectivity index (χ1n) is 4.57. The smallest absolute Gasteiger partial charge is 0.404 e. The van der Waals surface area contributed by atoms with Crippen molar-refractivity contribution >= 4 is 15.9 Å². The highest BCUT2D eigenvalue weighted by Crippen LogP contribution is 2.28. The molecule has 0 heterocycles. The van der Waals surface area contributed by atoms with Crippen LogP contribution in [0.4, 0.5) is 13.2 Å². The van der Waals surface area contributed by atoms with Gasteiger partial charge in [0.05, 0.1) is 12.2 Å². The maximum atomic E-state index is 12.1. The quantitative estimate of drug-likeness (QED) is 0.851. The molecule has 0 amide bonds. The summed E-state index contributed by atoms with van der Waals surface area (Å²) in [6.07, 6.45) is -4.56. The van der Waals surface area contributed by atoms with E-state index in [0.717, 1.165) is 0 Å². The molecule has 0 aromatic heterocycles. The van der Waals surface area contributed by atoms with Crippen molar-refractivity contribution in [3.63, 3.8) is 0 Å². The number of aliphatic hydroxyl groups excluding tert-OH is 1. The lowest BCUT2D eigenvalue weighted by Crippen LogP contribution is -2.17. The maximum absolute atomic E-state index is 12.1. The third kappa shape index (κ3) is 5.11. The van der Waals surface area contributed by atoms with Crippen LogP contribution in [0.3, 0.4) is 0 Å². The van der Waals surface area contributed by atoms with Crippen molar-refractivity contribution in [2.24, 2.45) is 0 Å². The Morgan fingerprint density at radius 2 is 2.06 bits per heavy atom. The summed E-state index contributed by atoms with van der Waals surface area (Å²) in [6.45, 7) is -0.140. The SMILES string of the molecule is OCCC#Cc1ccc(Br)cc1OC(F)(F)F. The minimum absolute atomic E-state index is 0.124. The van der Waals surface area contributed by atoms with Gasteiger partial charge in [0, 0.05) is 10.9 Å². The van der Waals surface area contributed by atoms with Gasteiger partial charge in [0.15, 0.2) is 0 Å². The zero-order chi connectivity index (χ0) is 12.9. The summed E-state index contributed by atoms with van der Waals surface area (Å²) in [7, 11) is 0. The number of hydrogen-bond donors (Lipinski definition) is 1. The summed E-state index contributed by atoms with van der Waals surface area (Å²) in [6, 6.07) is 4.16. The number of hydrogen-bond acceptors (Lipinski definition) is 2. The zero-order valence-electron chi connectivity index (χ0n) is 8.51. The summed E-state index contributed by atoms with van der Waals surface area (Å²) in [5, 5.41) is 8.52. The molecule has 1 aromatic rings. The molecule has 0 aliphatic heterocycles. The van der Waals surface area contributed by atoms with Gasteiger partial charge in [-0.25, -0.2) is 0 Å². The van der Waals surface area contributed by atoms with E-state index in [1.807, 2.05) is 0 Å². The molecule has 17 heavy (non-hydrogen) atoms. The van der Waals surface area contributed by atoms with Crippen LogP contribution in [0.1, 0.15) is 12.0 Å². The van der Waals surface area contributed by atoms with E-state index in [2.05, 4.69) is 32.5 Å². The summed E-state index contributed by atoms with van der Waals surface area (Å²) in [5.41, 5.74) is 0.124. The van der Waals surface area contributed by atoms with Crippen molar-refractivity contribution in [2.75, 3.05) is 6.61 Å². The molecule has 1 rings (SSSR count). The predicted octanol–water partition coefficient (Wildman–Crippen LogP) is 3.08. The van der Waals surface area contributed by atoms with Crippen LogP contribution >= 0.6 is 15.9 Å². The van der Waals surface area contributed by atoms with Gasteiger partial charge in [-0.3, -0.25) is 0 Å². The Morgan fingerprint density at radius 1 is 1.35 bits per heavy atom. The Morgan fingerprint density at radius 3 is 2.65 bits per heavy atom. The molecular formula is C11H8BrF3O2. The van der Waals surface area contributed by atoms with E-state index in [1.165, 1.54) is 12.1 Å². The Bertz CT molecular complexity index is 446. The third-order valence-electron chi connectivity index (χ3n) is 1.63. The Kier molecular flexibility index (Phi) is 4.85. The molecule has 0 aliphatic carbocycles. The van der Waals surface area contributed by atoms with E-state index in [9.17, 15) is 13.2 Å². The van der Waals surface area contributed by atoms with Gasteiger partial charge in [0.1, 0.15) is 5.75 Å². The lowest BCUT2D eigenvalue weighted by atomic mass is 10.2. The van der Waals surface area contributed by atoms with Crippen molar-refractivity contribution in [3.8, 4) is 17.6 Å². The fourth-order valence-electron chi connectivity index (χ4n) is 1.02. The highest BCUT2D eigenvalue weighted by molar-refractivity contribution is 9.10. The molecule has 0 radical (unpaired) electrons. The molecule has 1 N–H and O–H groups in total. The molecule has 0 unspecified atom stereocenters. The first-order chi connectivity index (χ1) is 7.92. The van der Waals surface area contributed by atoms with E-state index in [-0.39, 0.29) is 24.3 Å². The maximum Gasteiger partial charge on any atom is 0.573 e. The lowest BCUT2D eigenvalue weighted by Gasteiger charge is -2.10. The molecule has 0 saturated heterocycles. The molecule has 2 nitrogen and oxygen atoms in total. The highest BCUT2D eigenvalue weighted by atomic mass is 79.9. The van der Waals surface area contributed by atoms with Crippen LogP contribution < -0.4 is 4.74 Å². The monoisotopic (exact) mass is 308 g/mol. The third-order valence-corrected chi connectivity index (χ3v) is 2.12. The van der Waals surface area contributed by atoms with Crippen LogP contribution in [0.25, 0.3) is 0 Å². The summed E-state index contributed by atoms with van der Waals surface area (Å²) in [4.78, 5) is 0. The normalized spacial score (nSPS) is 10.6. The number of alkyl halides is 3. The zero-order valence-corrected chi connectivity index (χ0v) is 10.1. The van der Waals surface area contributed by atoms with Crippen molar-refractivity contribution in [2.45, 2.75) is 12.8 Å². The second kappa shape index (κ2) is 5.94. The molecule has 0 spiro atoms. The molecule has 6 heteroatoms. The Balaban J connectivity index is 3.01. The largest absolute Gasteiger partial charge is 0.573 e. The van der Waals surface area contributed by atoms with Gasteiger partial charge in [-0.15, -0.1) is 13.2 Å². The van der Waals surface area contributed by atoms with Crippen LogP contribution in [0.5, 0.6) is 5.75 Å². The van der Waals surface area contributed by atoms with Crippen LogP contribution in [-0.4, -0.2) is 18.1 Å². The molecule has 0 aliphatic rings. The van der Waals surface area contributed by atoms with Gasteiger partial charge in [-0.05, 0) is 18.2 Å². The van der Waals surface area contributed by atoms with Gasteiger partial charge in [-0.1, -0.05) is 27.8 Å². The first-order valence-corrected chi connectivity index (χ1v) is 5.36. The number of ether oxygens (including phenoxy) is 1. The average molecular weight is 309 g/mol. The van der Waals surface area contributed by atoms with Gasteiger partial charge < -0.3 is 9.84 Å². The number of benzene rings is 1. The summed E-state index contributed by atoms with van der Waals surface area (Å²) in [5.74, 6) is 4.68. The number of halogens is 4. The second-order valence-corrected chi connectivity index (χ2v) is 3.88. The van der Waals surface area contributed by atoms with E-state index < -0.39 is 6.36 Å². The molecule has 1 aromatic carbocycles. The van der Waals surface area contributed by atoms with Gasteiger partial charge in [0.25, 0.3) is 0 Å². The number of rotatable bonds is 2. The van der Waals surface area contributed by atoms with Crippen LogP contribution in [0.15, 0.2) is 22.7 Å². The van der Waals surface area contributed by atoms with E-state index >= 15 is 0 Å². The van der Waals surface area contributed by atoms with Gasteiger partial charge in [-0.2, -0.15) is 0 Å². The van der Waals surface area contributed by atoms with Crippen LogP contribution in [0.2, 0.25) is 0 Å². The van der Waals surface area contributed by atoms with Crippen LogP contribution in [0, 0.1) is 11.8 Å². The first kappa shape index (κ1) is 13.9. The molecule has 0 saturated carbocycles. The van der Waals surface area contributed by atoms with E-state index in [0.29, 0.717) is 4.47 Å². The molecular weight excluding hydrogens is 301 g/mol. The van der Waals surface area contributed by atoms with Crippen LogP contribution in [-0.2, 0) is 0 Å². The number of aliphatic hydroxyl groups is 1. The van der Waals surface area contributed by atoms with Crippen molar-refractivity contribution in [1.29, 1.82) is 0 Å². The molecule has 0 atom stereocenters. The lowest BCUT2D eigenvalue weighted by molar-refractivity contribution is -0.274.